The van der Waals surface area contributed by atoms with Gasteiger partial charge < -0.3 is 19.9 Å². The van der Waals surface area contributed by atoms with E-state index >= 15 is 0 Å². The molecule has 0 bridgehead atoms. The number of esters is 1. The molecule has 0 spiro atoms. The first-order valence-corrected chi connectivity index (χ1v) is 14.9. The van der Waals surface area contributed by atoms with Crippen molar-refractivity contribution in [2.75, 3.05) is 11.5 Å². The molecule has 1 fully saturated rings. The van der Waals surface area contributed by atoms with Gasteiger partial charge in [0, 0.05) is 22.4 Å². The summed E-state index contributed by atoms with van der Waals surface area (Å²) in [6, 6.07) is 23.9. The van der Waals surface area contributed by atoms with Crippen molar-refractivity contribution in [2.45, 2.75) is 57.7 Å². The van der Waals surface area contributed by atoms with Gasteiger partial charge in [-0.1, -0.05) is 102 Å². The number of benzene rings is 3. The van der Waals surface area contributed by atoms with E-state index in [0.717, 1.165) is 41.3 Å². The molecule has 1 aliphatic rings. The predicted octanol–water partition coefficient (Wildman–Crippen LogP) is 6.66. The Balaban J connectivity index is 1.78. The number of anilines is 1. The van der Waals surface area contributed by atoms with Crippen LogP contribution < -0.4 is 15.8 Å². The van der Waals surface area contributed by atoms with Gasteiger partial charge in [0.2, 0.25) is 5.91 Å². The van der Waals surface area contributed by atoms with Crippen LogP contribution in [0.2, 0.25) is 0 Å². The lowest BCUT2D eigenvalue weighted by Gasteiger charge is -2.36. The number of halogens is 1. The van der Waals surface area contributed by atoms with Crippen LogP contribution in [0.5, 0.6) is 0 Å². The molecule has 3 aromatic carbocycles. The SMILES string of the molecule is CCOC(=O)c1c(N(Cc2ccccc2)C(C(=O)NC2CCCCC2)c2ccccc2Br)c2ccccc2[nH]c1=O. The minimum absolute atomic E-state index is 0.0697. The fraction of sp³-hybridized carbons (Fsp3) is 0.303. The largest absolute Gasteiger partial charge is 0.462 e. The molecular formula is C33H34BrN3O4. The Morgan fingerprint density at radius 2 is 1.66 bits per heavy atom. The number of H-pyrrole nitrogens is 1. The highest BCUT2D eigenvalue weighted by molar-refractivity contribution is 9.10. The van der Waals surface area contributed by atoms with Gasteiger partial charge in [-0.15, -0.1) is 0 Å². The fourth-order valence-corrected chi connectivity index (χ4v) is 6.17. The molecule has 7 nitrogen and oxygen atoms in total. The molecule has 1 heterocycles. The number of nitrogens with zero attached hydrogens (tertiary/aromatic N) is 1. The first kappa shape index (κ1) is 28.6. The van der Waals surface area contributed by atoms with Crippen molar-refractivity contribution in [3.8, 4) is 0 Å². The molecule has 1 aromatic heterocycles. The van der Waals surface area contributed by atoms with Crippen LogP contribution in [0.4, 0.5) is 5.69 Å². The summed E-state index contributed by atoms with van der Waals surface area (Å²) in [5.74, 6) is -0.912. The summed E-state index contributed by atoms with van der Waals surface area (Å²) < 4.78 is 6.15. The van der Waals surface area contributed by atoms with Crippen molar-refractivity contribution < 1.29 is 14.3 Å². The van der Waals surface area contributed by atoms with E-state index in [1.165, 1.54) is 6.42 Å². The Labute approximate surface area is 248 Å². The van der Waals surface area contributed by atoms with Crippen molar-refractivity contribution >= 4 is 44.4 Å². The third kappa shape index (κ3) is 6.38. The van der Waals surface area contributed by atoms with Gasteiger partial charge in [-0.05, 0) is 43.0 Å². The smallest absolute Gasteiger partial charge is 0.345 e. The molecule has 0 aliphatic heterocycles. The Hall–Kier alpha value is -3.91. The highest BCUT2D eigenvalue weighted by atomic mass is 79.9. The van der Waals surface area contributed by atoms with Crippen LogP contribution in [0.1, 0.15) is 66.6 Å². The van der Waals surface area contributed by atoms with Gasteiger partial charge in [0.15, 0.2) is 0 Å². The van der Waals surface area contributed by atoms with E-state index in [1.807, 2.05) is 77.7 Å². The Bertz CT molecular complexity index is 1580. The van der Waals surface area contributed by atoms with E-state index in [9.17, 15) is 14.4 Å². The average molecular weight is 617 g/mol. The summed E-state index contributed by atoms with van der Waals surface area (Å²) in [5.41, 5.74) is 1.91. The maximum Gasteiger partial charge on any atom is 0.345 e. The summed E-state index contributed by atoms with van der Waals surface area (Å²) >= 11 is 3.69. The minimum Gasteiger partial charge on any atom is -0.462 e. The second kappa shape index (κ2) is 13.2. The number of rotatable bonds is 9. The monoisotopic (exact) mass is 615 g/mol. The van der Waals surface area contributed by atoms with Crippen molar-refractivity contribution in [1.82, 2.24) is 10.3 Å². The molecule has 1 unspecified atom stereocenters. The topological polar surface area (TPSA) is 91.5 Å². The number of pyridine rings is 1. The first-order chi connectivity index (χ1) is 20.0. The second-order valence-electron chi connectivity index (χ2n) is 10.3. The van der Waals surface area contributed by atoms with Crippen LogP contribution in [0, 0.1) is 0 Å². The normalized spacial score (nSPS) is 14.4. The third-order valence-corrected chi connectivity index (χ3v) is 8.29. The Morgan fingerprint density at radius 3 is 2.39 bits per heavy atom. The number of amides is 1. The molecule has 41 heavy (non-hydrogen) atoms. The predicted molar refractivity (Wildman–Crippen MR) is 165 cm³/mol. The Morgan fingerprint density at radius 1 is 0.976 bits per heavy atom. The zero-order chi connectivity index (χ0) is 28.8. The molecule has 1 atom stereocenters. The van der Waals surface area contributed by atoms with Crippen LogP contribution >= 0.6 is 15.9 Å². The van der Waals surface area contributed by atoms with Crippen LogP contribution in [0.3, 0.4) is 0 Å². The van der Waals surface area contributed by atoms with Gasteiger partial charge in [-0.3, -0.25) is 9.59 Å². The van der Waals surface area contributed by atoms with Crippen molar-refractivity contribution in [2.24, 2.45) is 0 Å². The van der Waals surface area contributed by atoms with Crippen molar-refractivity contribution in [3.63, 3.8) is 0 Å². The van der Waals surface area contributed by atoms with Crippen molar-refractivity contribution in [3.05, 3.63) is 110 Å². The molecule has 212 valence electrons. The second-order valence-corrected chi connectivity index (χ2v) is 11.2. The number of carbonyl (C=O) groups is 2. The summed E-state index contributed by atoms with van der Waals surface area (Å²) in [4.78, 5) is 46.1. The number of hydrogen-bond donors (Lipinski definition) is 2. The van der Waals surface area contributed by atoms with Gasteiger partial charge in [-0.25, -0.2) is 4.79 Å². The van der Waals surface area contributed by atoms with Gasteiger partial charge in [-0.2, -0.15) is 0 Å². The van der Waals surface area contributed by atoms with Gasteiger partial charge in [0.25, 0.3) is 5.56 Å². The zero-order valence-corrected chi connectivity index (χ0v) is 24.7. The number of aromatic amines is 1. The molecule has 4 aromatic rings. The minimum atomic E-state index is -0.855. The number of carbonyl (C=O) groups excluding carboxylic acids is 2. The number of para-hydroxylation sites is 1. The highest BCUT2D eigenvalue weighted by Crippen LogP contribution is 2.38. The van der Waals surface area contributed by atoms with Gasteiger partial charge >= 0.3 is 5.97 Å². The van der Waals surface area contributed by atoms with E-state index in [4.69, 9.17) is 4.74 Å². The number of hydrogen-bond acceptors (Lipinski definition) is 5. The summed E-state index contributed by atoms with van der Waals surface area (Å²) in [7, 11) is 0. The molecule has 0 saturated heterocycles. The molecule has 1 amide bonds. The van der Waals surface area contributed by atoms with E-state index in [2.05, 4.69) is 26.2 Å². The van der Waals surface area contributed by atoms with Crippen LogP contribution in [0.15, 0.2) is 88.1 Å². The van der Waals surface area contributed by atoms with Crippen molar-refractivity contribution in [1.29, 1.82) is 0 Å². The number of nitrogens with one attached hydrogen (secondary N) is 2. The first-order valence-electron chi connectivity index (χ1n) is 14.2. The quantitative estimate of drug-likeness (QED) is 0.205. The lowest BCUT2D eigenvalue weighted by molar-refractivity contribution is -0.123. The van der Waals surface area contributed by atoms with Crippen LogP contribution in [-0.2, 0) is 16.1 Å². The number of fused-ring (bicyclic) bond motifs is 1. The maximum atomic E-state index is 14.4. The van der Waals surface area contributed by atoms with Gasteiger partial charge in [0.05, 0.1) is 17.8 Å². The molecule has 0 radical (unpaired) electrons. The maximum absolute atomic E-state index is 14.4. The molecule has 1 saturated carbocycles. The lowest BCUT2D eigenvalue weighted by atomic mass is 9.94. The molecule has 8 heteroatoms. The third-order valence-electron chi connectivity index (χ3n) is 7.57. The lowest BCUT2D eigenvalue weighted by Crippen LogP contribution is -2.46. The molecule has 2 N–H and O–H groups in total. The standard InChI is InChI=1S/C33H34BrN3O4/c1-2-41-33(40)28-29(25-18-10-12-20-27(25)36-31(28)38)37(21-22-13-5-3-6-14-22)30(24-17-9-11-19-26(24)34)32(39)35-23-15-7-4-8-16-23/h3,5-6,9-14,17-20,23,30H,2,4,7-8,15-16,21H2,1H3,(H,35,39)(H,36,38). The summed E-state index contributed by atoms with van der Waals surface area (Å²) in [6.45, 7) is 2.08. The number of aromatic nitrogens is 1. The van der Waals surface area contributed by atoms with E-state index in [1.54, 1.807) is 13.0 Å². The summed E-state index contributed by atoms with van der Waals surface area (Å²) in [6.07, 6.45) is 5.17. The molecule has 1 aliphatic carbocycles. The zero-order valence-electron chi connectivity index (χ0n) is 23.1. The van der Waals surface area contributed by atoms with Gasteiger partial charge in [0.1, 0.15) is 11.6 Å². The van der Waals surface area contributed by atoms with Crippen LogP contribution in [-0.4, -0.2) is 29.5 Å². The average Bonchev–Trinajstić information content (AvgIpc) is 2.98. The van der Waals surface area contributed by atoms with E-state index in [-0.39, 0.29) is 30.7 Å². The molecule has 5 rings (SSSR count). The highest BCUT2D eigenvalue weighted by Gasteiger charge is 2.36. The van der Waals surface area contributed by atoms with Crippen LogP contribution in [0.25, 0.3) is 10.9 Å². The molecular weight excluding hydrogens is 582 g/mol. The van der Waals surface area contributed by atoms with E-state index < -0.39 is 17.6 Å². The summed E-state index contributed by atoms with van der Waals surface area (Å²) in [5, 5.41) is 3.96. The van der Waals surface area contributed by atoms with E-state index in [0.29, 0.717) is 16.6 Å². The Kier molecular flexibility index (Phi) is 9.19. The number of ether oxygens (including phenoxy) is 1. The fourth-order valence-electron chi connectivity index (χ4n) is 5.67.